The van der Waals surface area contributed by atoms with Gasteiger partial charge in [-0.1, -0.05) is 52.0 Å². The fourth-order valence-electron chi connectivity index (χ4n) is 7.60. The number of aromatic amines is 2. The summed E-state index contributed by atoms with van der Waals surface area (Å²) in [6.45, 7) is 13.0. The lowest BCUT2D eigenvalue weighted by Gasteiger charge is -2.29. The average molecular weight is 795 g/mol. The lowest BCUT2D eigenvalue weighted by Crippen LogP contribution is -2.52. The van der Waals surface area contributed by atoms with Gasteiger partial charge < -0.3 is 39.9 Å². The molecule has 2 aliphatic heterocycles. The third kappa shape index (κ3) is 9.21. The monoisotopic (exact) mass is 794 g/mol. The van der Waals surface area contributed by atoms with Gasteiger partial charge in [-0.15, -0.1) is 0 Å². The molecule has 4 atom stereocenters. The number of rotatable bonds is 9. The molecule has 58 heavy (non-hydrogen) atoms. The molecule has 5 aromatic rings. The van der Waals surface area contributed by atoms with Gasteiger partial charge in [0, 0.05) is 42.7 Å². The summed E-state index contributed by atoms with van der Waals surface area (Å²) in [6.07, 6.45) is 6.19. The molecule has 0 radical (unpaired) electrons. The van der Waals surface area contributed by atoms with E-state index in [-0.39, 0.29) is 35.7 Å². The maximum absolute atomic E-state index is 13.5. The molecule has 16 heteroatoms. The molecule has 0 spiro atoms. The van der Waals surface area contributed by atoms with E-state index in [0.29, 0.717) is 23.7 Å². The molecule has 1 unspecified atom stereocenters. The number of carbonyl (C=O) groups excluding carboxylic acids is 4. The summed E-state index contributed by atoms with van der Waals surface area (Å²) in [5, 5.41) is 5.30. The molecule has 16 nitrogen and oxygen atoms in total. The summed E-state index contributed by atoms with van der Waals surface area (Å²) in [5.41, 5.74) is 7.08. The molecule has 0 aliphatic carbocycles. The van der Waals surface area contributed by atoms with Crippen molar-refractivity contribution >= 4 is 46.3 Å². The molecule has 1 aromatic carbocycles. The SMILES string of the molecule is COC(=O)NC(C(=O)N1CCC[C@H]1C)C(C)C.COC(=O)N[C@H](C(=O)N1CCC[C@H]1c1nc2ncc(-c3ccc(-c4cnc5nc(C)[nH]c5c4)cc3)cc2[nH]1)C(C)C. The number of hydrogen-bond donors (Lipinski definition) is 4. The topological polar surface area (TPSA) is 200 Å². The van der Waals surface area contributed by atoms with E-state index in [0.717, 1.165) is 71.3 Å². The Morgan fingerprint density at radius 3 is 1.69 bits per heavy atom. The second-order valence-corrected chi connectivity index (χ2v) is 15.6. The van der Waals surface area contributed by atoms with Crippen molar-refractivity contribution in [2.45, 2.75) is 91.4 Å². The summed E-state index contributed by atoms with van der Waals surface area (Å²) in [4.78, 5) is 77.3. The van der Waals surface area contributed by atoms with Crippen LogP contribution in [0, 0.1) is 18.8 Å². The molecule has 0 saturated carbocycles. The molecule has 6 heterocycles. The number of benzene rings is 1. The smallest absolute Gasteiger partial charge is 0.407 e. The van der Waals surface area contributed by atoms with Gasteiger partial charge in [-0.25, -0.2) is 29.5 Å². The second kappa shape index (κ2) is 18.0. The zero-order valence-electron chi connectivity index (χ0n) is 34.5. The van der Waals surface area contributed by atoms with Crippen molar-refractivity contribution in [3.05, 3.63) is 60.4 Å². The summed E-state index contributed by atoms with van der Waals surface area (Å²) in [7, 11) is 2.59. The Balaban J connectivity index is 0.000000281. The van der Waals surface area contributed by atoms with Crippen LogP contribution < -0.4 is 10.6 Å². The highest BCUT2D eigenvalue weighted by Gasteiger charge is 2.38. The molecule has 7 rings (SSSR count). The zero-order chi connectivity index (χ0) is 41.7. The van der Waals surface area contributed by atoms with Gasteiger partial charge in [0.25, 0.3) is 0 Å². The van der Waals surface area contributed by atoms with Gasteiger partial charge in [0.05, 0.1) is 31.3 Å². The van der Waals surface area contributed by atoms with E-state index < -0.39 is 24.3 Å². The normalized spacial score (nSPS) is 17.6. The molecule has 4 amide bonds. The van der Waals surface area contributed by atoms with Crippen LogP contribution in [0.4, 0.5) is 9.59 Å². The van der Waals surface area contributed by atoms with Crippen molar-refractivity contribution in [2.24, 2.45) is 11.8 Å². The Labute approximate surface area is 337 Å². The van der Waals surface area contributed by atoms with Gasteiger partial charge in [0.2, 0.25) is 11.8 Å². The average Bonchev–Trinajstić information content (AvgIpc) is 4.03. The number of amides is 4. The van der Waals surface area contributed by atoms with Crippen LogP contribution >= 0.6 is 0 Å². The fraction of sp³-hybridized carbons (Fsp3) is 0.476. The standard InChI is InChI=1S/C30H32N8O3.C12H22N2O3/c1-16(2)25(36-30(40)41-4)29(39)38-11-5-6-24(38)28-35-23-13-21(15-32-27(23)37-28)19-9-7-18(8-10-19)20-12-22-26(31-14-20)34-17(3)33-22;1-8(2)10(13-12(16)17-4)11(15)14-7-5-6-9(14)3/h7-10,12-16,24-25H,5-6,11H2,1-4H3,(H,36,40)(H,31,33,34)(H,32,35,37);8-10H,5-7H2,1-4H3,(H,13,16)/t24-,25-;9-,10?/m01/s1. The minimum absolute atomic E-state index is 0.00426. The van der Waals surface area contributed by atoms with E-state index >= 15 is 0 Å². The van der Waals surface area contributed by atoms with Gasteiger partial charge in [-0.3, -0.25) is 9.59 Å². The van der Waals surface area contributed by atoms with Crippen molar-refractivity contribution in [2.75, 3.05) is 27.3 Å². The zero-order valence-corrected chi connectivity index (χ0v) is 34.5. The predicted molar refractivity (Wildman–Crippen MR) is 219 cm³/mol. The fourth-order valence-corrected chi connectivity index (χ4v) is 7.60. The van der Waals surface area contributed by atoms with Crippen molar-refractivity contribution in [1.82, 2.24) is 50.3 Å². The predicted octanol–water partition coefficient (Wildman–Crippen LogP) is 6.29. The van der Waals surface area contributed by atoms with Gasteiger partial charge in [0.1, 0.15) is 23.7 Å². The molecule has 2 aliphatic rings. The van der Waals surface area contributed by atoms with Crippen LogP contribution in [0.25, 0.3) is 44.6 Å². The first kappa shape index (κ1) is 41.6. The number of aromatic nitrogens is 6. The van der Waals surface area contributed by atoms with Gasteiger partial charge >= 0.3 is 12.2 Å². The van der Waals surface area contributed by atoms with E-state index in [9.17, 15) is 19.2 Å². The van der Waals surface area contributed by atoms with E-state index in [1.807, 2.05) is 64.9 Å². The number of carbonyl (C=O) groups is 4. The summed E-state index contributed by atoms with van der Waals surface area (Å²) in [6, 6.07) is 11.2. The minimum atomic E-state index is -0.679. The Hall–Kier alpha value is -6.06. The maximum Gasteiger partial charge on any atom is 0.407 e. The number of methoxy groups -OCH3 is 2. The lowest BCUT2D eigenvalue weighted by molar-refractivity contribution is -0.136. The van der Waals surface area contributed by atoms with Crippen LogP contribution in [0.2, 0.25) is 0 Å². The number of H-pyrrole nitrogens is 2. The van der Waals surface area contributed by atoms with Crippen molar-refractivity contribution < 1.29 is 28.7 Å². The molecule has 0 bridgehead atoms. The van der Waals surface area contributed by atoms with Crippen LogP contribution in [-0.2, 0) is 19.1 Å². The highest BCUT2D eigenvalue weighted by atomic mass is 16.5. The number of alkyl carbamates (subject to hydrolysis) is 2. The third-order valence-electron chi connectivity index (χ3n) is 10.8. The van der Waals surface area contributed by atoms with E-state index in [4.69, 9.17) is 9.72 Å². The highest BCUT2D eigenvalue weighted by Crippen LogP contribution is 2.33. The number of likely N-dealkylation sites (tertiary alicyclic amines) is 2. The number of hydrogen-bond acceptors (Lipinski definition) is 10. The van der Waals surface area contributed by atoms with E-state index in [1.165, 1.54) is 14.2 Å². The summed E-state index contributed by atoms with van der Waals surface area (Å²) in [5.74, 6) is 1.35. The van der Waals surface area contributed by atoms with E-state index in [1.54, 1.807) is 4.90 Å². The van der Waals surface area contributed by atoms with Crippen LogP contribution in [-0.4, -0.2) is 109 Å². The number of nitrogens with one attached hydrogen (secondary N) is 4. The molecule has 2 fully saturated rings. The number of pyridine rings is 2. The third-order valence-corrected chi connectivity index (χ3v) is 10.8. The molecule has 308 valence electrons. The Bertz CT molecular complexity index is 2250. The Morgan fingerprint density at radius 2 is 1.19 bits per heavy atom. The summed E-state index contributed by atoms with van der Waals surface area (Å²) >= 11 is 0. The Kier molecular flexibility index (Phi) is 12.9. The first-order valence-electron chi connectivity index (χ1n) is 19.9. The minimum Gasteiger partial charge on any atom is -0.453 e. The van der Waals surface area contributed by atoms with Gasteiger partial charge in [0.15, 0.2) is 11.3 Å². The van der Waals surface area contributed by atoms with Gasteiger partial charge in [-0.2, -0.15) is 0 Å². The largest absolute Gasteiger partial charge is 0.453 e. The quantitative estimate of drug-likeness (QED) is 0.131. The second-order valence-electron chi connectivity index (χ2n) is 15.6. The van der Waals surface area contributed by atoms with Crippen LogP contribution in [0.3, 0.4) is 0 Å². The van der Waals surface area contributed by atoms with Crippen LogP contribution in [0.5, 0.6) is 0 Å². The molecular weight excluding hydrogens is 741 g/mol. The van der Waals surface area contributed by atoms with Crippen molar-refractivity contribution in [3.8, 4) is 22.3 Å². The molecule has 4 N–H and O–H groups in total. The number of aryl methyl sites for hydroxylation is 1. The number of imidazole rings is 2. The number of ether oxygens (including phenoxy) is 2. The first-order chi connectivity index (χ1) is 27.8. The van der Waals surface area contributed by atoms with Gasteiger partial charge in [-0.05, 0) is 74.6 Å². The van der Waals surface area contributed by atoms with Crippen molar-refractivity contribution in [3.63, 3.8) is 0 Å². The lowest BCUT2D eigenvalue weighted by atomic mass is 10.0. The first-order valence-corrected chi connectivity index (χ1v) is 19.9. The van der Waals surface area contributed by atoms with E-state index in [2.05, 4.69) is 70.6 Å². The molecule has 4 aromatic heterocycles. The van der Waals surface area contributed by atoms with Crippen LogP contribution in [0.1, 0.15) is 78.0 Å². The number of fused-ring (bicyclic) bond motifs is 2. The van der Waals surface area contributed by atoms with Crippen molar-refractivity contribution in [1.29, 1.82) is 0 Å². The van der Waals surface area contributed by atoms with Crippen LogP contribution in [0.15, 0.2) is 48.8 Å². The Morgan fingerprint density at radius 1 is 0.707 bits per heavy atom. The highest BCUT2D eigenvalue weighted by molar-refractivity contribution is 5.87. The number of nitrogens with zero attached hydrogens (tertiary/aromatic N) is 6. The molecule has 2 saturated heterocycles. The summed E-state index contributed by atoms with van der Waals surface area (Å²) < 4.78 is 9.28. The molecular formula is C42H54N10O6. The maximum atomic E-state index is 13.5.